The number of ether oxygens (including phenoxy) is 2. The number of benzene rings is 1. The summed E-state index contributed by atoms with van der Waals surface area (Å²) in [5, 5.41) is 0. The van der Waals surface area contributed by atoms with Crippen LogP contribution in [-0.4, -0.2) is 35.0 Å². The largest absolute Gasteiger partial charge is 0.495 e. The predicted molar refractivity (Wildman–Crippen MR) is 94.1 cm³/mol. The van der Waals surface area contributed by atoms with E-state index in [-0.39, 0.29) is 17.9 Å². The van der Waals surface area contributed by atoms with Crippen LogP contribution in [0.15, 0.2) is 55.2 Å². The molecule has 0 aliphatic carbocycles. The lowest BCUT2D eigenvalue weighted by molar-refractivity contribution is 0.0543. The third kappa shape index (κ3) is 6.19. The lowest BCUT2D eigenvalue weighted by atomic mass is 10.2. The summed E-state index contributed by atoms with van der Waals surface area (Å²) in [5.41, 5.74) is 1.25. The highest BCUT2D eigenvalue weighted by atomic mass is 32.3. The summed E-state index contributed by atoms with van der Waals surface area (Å²) in [6, 6.07) is 4.50. The van der Waals surface area contributed by atoms with Gasteiger partial charge in [-0.25, -0.2) is 4.79 Å². The summed E-state index contributed by atoms with van der Waals surface area (Å²) in [5.74, 6) is -0.179. The molecule has 0 spiro atoms. The lowest BCUT2D eigenvalue weighted by Gasteiger charge is -2.29. The van der Waals surface area contributed by atoms with Crippen LogP contribution >= 0.6 is 10.8 Å². The highest BCUT2D eigenvalue weighted by Gasteiger charge is 2.14. The van der Waals surface area contributed by atoms with Crippen molar-refractivity contribution < 1.29 is 23.4 Å². The number of esters is 1. The van der Waals surface area contributed by atoms with Gasteiger partial charge in [-0.1, -0.05) is 31.4 Å². The van der Waals surface area contributed by atoms with Gasteiger partial charge in [0.15, 0.2) is 0 Å². The molecule has 0 bridgehead atoms. The summed E-state index contributed by atoms with van der Waals surface area (Å²) in [7, 11) is -1.56. The monoisotopic (exact) mass is 339 g/mol. The second-order valence-electron chi connectivity index (χ2n) is 4.61. The van der Waals surface area contributed by atoms with E-state index in [0.29, 0.717) is 11.3 Å². The van der Waals surface area contributed by atoms with Crippen LogP contribution in [0.5, 0.6) is 5.75 Å². The van der Waals surface area contributed by atoms with Crippen LogP contribution in [-0.2, 0) is 4.74 Å². The van der Waals surface area contributed by atoms with Crippen molar-refractivity contribution in [2.75, 3.05) is 24.7 Å². The van der Waals surface area contributed by atoms with Crippen molar-refractivity contribution in [3.05, 3.63) is 60.7 Å². The molecule has 7 heteroatoms. The van der Waals surface area contributed by atoms with E-state index in [4.69, 9.17) is 9.47 Å². The first-order chi connectivity index (χ1) is 10.8. The van der Waals surface area contributed by atoms with Crippen molar-refractivity contribution in [3.8, 4) is 5.75 Å². The number of carbonyl (C=O) groups is 1. The van der Waals surface area contributed by atoms with E-state index in [9.17, 15) is 13.9 Å². The zero-order valence-corrected chi connectivity index (χ0v) is 13.9. The molecule has 0 saturated heterocycles. The molecular formula is C16H21NO5S. The van der Waals surface area contributed by atoms with Gasteiger partial charge in [-0.3, -0.25) is 13.8 Å². The molecule has 0 unspecified atom stereocenters. The molecule has 0 atom stereocenters. The Morgan fingerprint density at radius 3 is 2.61 bits per heavy atom. The van der Waals surface area contributed by atoms with Crippen LogP contribution in [0.1, 0.15) is 10.4 Å². The first-order valence-corrected chi connectivity index (χ1v) is 8.56. The van der Waals surface area contributed by atoms with Crippen LogP contribution in [0.2, 0.25) is 0 Å². The Kier molecular flexibility index (Phi) is 6.89. The van der Waals surface area contributed by atoms with Crippen molar-refractivity contribution in [2.24, 2.45) is 0 Å². The first-order valence-electron chi connectivity index (χ1n) is 6.61. The minimum Gasteiger partial charge on any atom is -0.495 e. The van der Waals surface area contributed by atoms with E-state index >= 15 is 0 Å². The fraction of sp³-hybridized carbons (Fsp3) is 0.188. The Balaban J connectivity index is 2.93. The van der Waals surface area contributed by atoms with Gasteiger partial charge in [0, 0.05) is 6.26 Å². The van der Waals surface area contributed by atoms with Gasteiger partial charge >= 0.3 is 5.97 Å². The van der Waals surface area contributed by atoms with Crippen molar-refractivity contribution in [1.82, 2.24) is 0 Å². The molecule has 0 aromatic heterocycles. The molecule has 1 rings (SSSR count). The fourth-order valence-electron chi connectivity index (χ4n) is 1.68. The summed E-state index contributed by atoms with van der Waals surface area (Å²) in [4.78, 5) is 12.1. The average molecular weight is 339 g/mol. The molecule has 0 heterocycles. The lowest BCUT2D eigenvalue weighted by Crippen LogP contribution is -2.11. The molecule has 0 amide bonds. The van der Waals surface area contributed by atoms with Crippen molar-refractivity contribution >= 4 is 22.4 Å². The molecule has 0 aliphatic heterocycles. The van der Waals surface area contributed by atoms with Crippen molar-refractivity contribution in [3.63, 3.8) is 0 Å². The smallest absolute Gasteiger partial charge is 0.338 e. The zero-order chi connectivity index (χ0) is 17.5. The van der Waals surface area contributed by atoms with Gasteiger partial charge in [0.1, 0.15) is 12.4 Å². The third-order valence-electron chi connectivity index (χ3n) is 2.70. The number of rotatable bonds is 8. The van der Waals surface area contributed by atoms with Gasteiger partial charge in [0.25, 0.3) is 0 Å². The normalized spacial score (nSPS) is 12.3. The minimum atomic E-state index is -3.00. The third-order valence-corrected chi connectivity index (χ3v) is 3.31. The molecule has 0 aliphatic rings. The molecule has 0 saturated carbocycles. The summed E-state index contributed by atoms with van der Waals surface area (Å²) in [6.07, 6.45) is 6.07. The Hall–Kier alpha value is -2.22. The summed E-state index contributed by atoms with van der Waals surface area (Å²) < 4.78 is 31.8. The van der Waals surface area contributed by atoms with Crippen LogP contribution in [0.4, 0.5) is 5.69 Å². The Bertz CT molecular complexity index is 619. The second kappa shape index (κ2) is 8.42. The molecular weight excluding hydrogens is 318 g/mol. The van der Waals surface area contributed by atoms with Gasteiger partial charge in [0.05, 0.1) is 18.4 Å². The van der Waals surface area contributed by atoms with Crippen molar-refractivity contribution in [1.29, 1.82) is 0 Å². The Morgan fingerprint density at radius 2 is 2.09 bits per heavy atom. The maximum atomic E-state index is 12.1. The molecule has 1 aromatic rings. The van der Waals surface area contributed by atoms with E-state index < -0.39 is 16.7 Å². The predicted octanol–water partition coefficient (Wildman–Crippen LogP) is 3.86. The van der Waals surface area contributed by atoms with Gasteiger partial charge in [-0.15, -0.1) is 10.8 Å². The number of methoxy groups -OCH3 is 1. The first kappa shape index (κ1) is 18.8. The van der Waals surface area contributed by atoms with Crippen LogP contribution in [0.3, 0.4) is 0 Å². The maximum Gasteiger partial charge on any atom is 0.338 e. The minimum absolute atomic E-state index is 0.0616. The van der Waals surface area contributed by atoms with E-state index in [1.165, 1.54) is 31.6 Å². The highest BCUT2D eigenvalue weighted by molar-refractivity contribution is 8.24. The number of nitrogens with one attached hydrogen (secondary N) is 1. The second-order valence-corrected chi connectivity index (χ2v) is 6.48. The summed E-state index contributed by atoms with van der Waals surface area (Å²) >= 11 is 0. The number of hydrogen-bond acceptors (Lipinski definition) is 6. The van der Waals surface area contributed by atoms with Crippen LogP contribution < -0.4 is 9.46 Å². The maximum absolute atomic E-state index is 12.1. The van der Waals surface area contributed by atoms with Crippen molar-refractivity contribution in [2.45, 2.75) is 0 Å². The van der Waals surface area contributed by atoms with E-state index in [0.717, 1.165) is 0 Å². The fourth-order valence-corrected chi connectivity index (χ4v) is 2.26. The molecule has 1 aromatic carbocycles. The summed E-state index contributed by atoms with van der Waals surface area (Å²) in [6.45, 7) is 7.25. The van der Waals surface area contributed by atoms with E-state index in [1.54, 1.807) is 18.2 Å². The molecule has 23 heavy (non-hydrogen) atoms. The Morgan fingerprint density at radius 1 is 1.39 bits per heavy atom. The quantitative estimate of drug-likeness (QED) is 0.492. The van der Waals surface area contributed by atoms with Gasteiger partial charge in [-0.05, 0) is 23.8 Å². The number of allylic oxidation sites excluding steroid dienone is 2. The standard InChI is InChI=1S/C16H21NO5S/c1-5-7-12(6-2)11-22-16(18)13-8-9-15(21-3)14(10-13)17-23(4,19)20/h5-10,17,19-20H,1-2,11H2,3-4H3/b12-7+. The molecule has 126 valence electrons. The van der Waals surface area contributed by atoms with E-state index in [2.05, 4.69) is 17.9 Å². The zero-order valence-electron chi connectivity index (χ0n) is 13.1. The topological polar surface area (TPSA) is 88.0 Å². The molecule has 6 nitrogen and oxygen atoms in total. The Labute approximate surface area is 137 Å². The van der Waals surface area contributed by atoms with Gasteiger partial charge < -0.3 is 9.47 Å². The molecule has 0 fully saturated rings. The van der Waals surface area contributed by atoms with E-state index in [1.807, 2.05) is 0 Å². The average Bonchev–Trinajstić information content (AvgIpc) is 2.49. The highest BCUT2D eigenvalue weighted by Crippen LogP contribution is 2.38. The molecule has 3 N–H and O–H groups in total. The van der Waals surface area contributed by atoms with Gasteiger partial charge in [-0.2, -0.15) is 0 Å². The van der Waals surface area contributed by atoms with Crippen LogP contribution in [0.25, 0.3) is 0 Å². The number of hydrogen-bond donors (Lipinski definition) is 3. The molecule has 0 radical (unpaired) electrons. The van der Waals surface area contributed by atoms with Crippen LogP contribution in [0, 0.1) is 0 Å². The number of anilines is 1. The SMILES string of the molecule is C=C/C=C(\C=C)COC(=O)c1ccc(OC)c(NS(C)(O)O)c1. The van der Waals surface area contributed by atoms with Gasteiger partial charge in [0.2, 0.25) is 0 Å². The number of carbonyl (C=O) groups excluding carboxylic acids is 1.